The molecule has 6 nitrogen and oxygen atoms in total. The average Bonchev–Trinajstić information content (AvgIpc) is 2.11. The minimum Gasteiger partial charge on any atom is -0.275 e. The minimum absolute atomic E-state index is 0.180. The number of halogens is 1. The van der Waals surface area contributed by atoms with E-state index >= 15 is 0 Å². The van der Waals surface area contributed by atoms with Crippen LogP contribution in [0, 0.1) is 0 Å². The van der Waals surface area contributed by atoms with Crippen LogP contribution in [0.2, 0.25) is 0 Å². The largest absolute Gasteiger partial charge is 0.359 e. The number of nitrogens with zero attached hydrogens (tertiary/aromatic N) is 2. The molecular formula is C7H8ClN2O4+. The molecule has 4 amide bonds. The fourth-order valence-corrected chi connectivity index (χ4v) is 1.25. The van der Waals surface area contributed by atoms with Gasteiger partial charge < -0.3 is 0 Å². The monoisotopic (exact) mass is 219 g/mol. The number of amides is 4. The van der Waals surface area contributed by atoms with Crippen LogP contribution in [0.1, 0.15) is 6.92 Å². The molecule has 0 aromatic rings. The van der Waals surface area contributed by atoms with E-state index in [0.29, 0.717) is 0 Å². The van der Waals surface area contributed by atoms with Gasteiger partial charge in [0.05, 0.1) is 0 Å². The molecule has 7 heteroatoms. The molecule has 0 radical (unpaired) electrons. The minimum atomic E-state index is -1.11. The molecule has 1 saturated heterocycles. The summed E-state index contributed by atoms with van der Waals surface area (Å²) in [7, 11) is 0. The quantitative estimate of drug-likeness (QED) is 0.420. The predicted molar refractivity (Wildman–Crippen MR) is 44.4 cm³/mol. The summed E-state index contributed by atoms with van der Waals surface area (Å²) in [6, 6.07) is 0. The molecule has 14 heavy (non-hydrogen) atoms. The molecule has 0 saturated carbocycles. The van der Waals surface area contributed by atoms with Gasteiger partial charge in [0, 0.05) is 6.92 Å². The normalized spacial score (nSPS) is 27.7. The van der Waals surface area contributed by atoms with Crippen molar-refractivity contribution in [3.63, 3.8) is 0 Å². The van der Waals surface area contributed by atoms with Crippen LogP contribution in [0.5, 0.6) is 0 Å². The third kappa shape index (κ3) is 1.66. The Kier molecular flexibility index (Phi) is 2.68. The first-order valence-electron chi connectivity index (χ1n) is 3.79. The Morgan fingerprint density at radius 3 is 2.57 bits per heavy atom. The third-order valence-corrected chi connectivity index (χ3v) is 2.31. The molecule has 0 aromatic carbocycles. The maximum absolute atomic E-state index is 11.3. The van der Waals surface area contributed by atoms with Crippen molar-refractivity contribution >= 4 is 35.9 Å². The lowest BCUT2D eigenvalue weighted by Crippen LogP contribution is -2.60. The van der Waals surface area contributed by atoms with E-state index in [4.69, 9.17) is 11.8 Å². The molecule has 76 valence electrons. The van der Waals surface area contributed by atoms with Crippen molar-refractivity contribution in [1.82, 2.24) is 4.90 Å². The molecule has 1 unspecified atom stereocenters. The summed E-state index contributed by atoms with van der Waals surface area (Å²) in [6.45, 7) is 0.209. The maximum Gasteiger partial charge on any atom is 0.359 e. The van der Waals surface area contributed by atoms with E-state index in [1.165, 1.54) is 6.92 Å². The molecule has 0 aliphatic carbocycles. The molecule has 1 rings (SSSR count). The van der Waals surface area contributed by atoms with Gasteiger partial charge in [0.2, 0.25) is 5.91 Å². The highest BCUT2D eigenvalue weighted by atomic mass is 35.5. The number of hydrogen-bond donors (Lipinski definition) is 0. The van der Waals surface area contributed by atoms with E-state index in [-0.39, 0.29) is 6.41 Å². The van der Waals surface area contributed by atoms with E-state index in [1.807, 2.05) is 0 Å². The lowest BCUT2D eigenvalue weighted by Gasteiger charge is -2.28. The molecule has 1 aliphatic heterocycles. The summed E-state index contributed by atoms with van der Waals surface area (Å²) in [6.07, 6.45) is 0.180. The Labute approximate surface area is 84.7 Å². The van der Waals surface area contributed by atoms with Gasteiger partial charge in [0.25, 0.3) is 5.91 Å². The second-order valence-electron chi connectivity index (χ2n) is 2.93. The van der Waals surface area contributed by atoms with Gasteiger partial charge in [0.1, 0.15) is 6.54 Å². The van der Waals surface area contributed by atoms with Crippen LogP contribution in [-0.2, 0) is 19.2 Å². The van der Waals surface area contributed by atoms with Crippen molar-refractivity contribution in [1.29, 1.82) is 0 Å². The summed E-state index contributed by atoms with van der Waals surface area (Å²) in [5.41, 5.74) is 0. The summed E-state index contributed by atoms with van der Waals surface area (Å²) in [4.78, 5) is 44.6. The molecule has 0 aromatic heterocycles. The van der Waals surface area contributed by atoms with Crippen molar-refractivity contribution in [3.8, 4) is 0 Å². The van der Waals surface area contributed by atoms with Crippen LogP contribution < -0.4 is 0 Å². The lowest BCUT2D eigenvalue weighted by molar-refractivity contribution is -0.640. The Bertz CT molecular complexity index is 330. The van der Waals surface area contributed by atoms with Gasteiger partial charge in [-0.3, -0.25) is 14.5 Å². The number of imide groups is 2. The van der Waals surface area contributed by atoms with Crippen LogP contribution in [0.3, 0.4) is 0 Å². The standard InChI is InChI=1S/C7H8ClN2O4/c1-5(12)9-2-7(14)10(8,4-11)3-6(9)13/h4H,2-3H2,1H3/q+1. The van der Waals surface area contributed by atoms with Crippen molar-refractivity contribution in [2.24, 2.45) is 0 Å². The molecule has 1 heterocycles. The van der Waals surface area contributed by atoms with Gasteiger partial charge >= 0.3 is 12.3 Å². The zero-order valence-electron chi connectivity index (χ0n) is 7.40. The van der Waals surface area contributed by atoms with Crippen molar-refractivity contribution in [3.05, 3.63) is 0 Å². The number of piperazine rings is 1. The van der Waals surface area contributed by atoms with Gasteiger partial charge in [-0.15, -0.1) is 0 Å². The van der Waals surface area contributed by atoms with Crippen LogP contribution in [0.15, 0.2) is 0 Å². The second kappa shape index (κ2) is 3.47. The highest BCUT2D eigenvalue weighted by Crippen LogP contribution is 2.16. The topological polar surface area (TPSA) is 71.5 Å². The van der Waals surface area contributed by atoms with Crippen LogP contribution in [0.25, 0.3) is 0 Å². The number of quaternary nitrogens is 1. The SMILES string of the molecule is CC(=O)N1CC(=O)[N+](Cl)(C=O)CC1=O. The third-order valence-electron chi connectivity index (χ3n) is 1.92. The Morgan fingerprint density at radius 2 is 2.14 bits per heavy atom. The highest BCUT2D eigenvalue weighted by Gasteiger charge is 2.47. The van der Waals surface area contributed by atoms with Gasteiger partial charge in [0.15, 0.2) is 18.3 Å². The summed E-state index contributed by atoms with van der Waals surface area (Å²) in [5, 5.41) is 0. The molecule has 0 spiro atoms. The number of carbonyl (C=O) groups excluding carboxylic acids is 4. The van der Waals surface area contributed by atoms with Crippen LogP contribution >= 0.6 is 11.8 Å². The first kappa shape index (κ1) is 10.8. The molecule has 1 atom stereocenters. The molecule has 0 bridgehead atoms. The average molecular weight is 220 g/mol. The fraction of sp³-hybridized carbons (Fsp3) is 0.429. The van der Waals surface area contributed by atoms with E-state index in [1.54, 1.807) is 0 Å². The first-order chi connectivity index (χ1) is 6.40. The number of hydrogen-bond acceptors (Lipinski definition) is 4. The zero-order chi connectivity index (χ0) is 10.9. The summed E-state index contributed by atoms with van der Waals surface area (Å²) >= 11 is 5.54. The lowest BCUT2D eigenvalue weighted by atomic mass is 10.3. The van der Waals surface area contributed by atoms with Gasteiger partial charge in [-0.05, 0) is 0 Å². The summed E-state index contributed by atoms with van der Waals surface area (Å²) in [5.74, 6) is -1.84. The molecule has 0 N–H and O–H groups in total. The second-order valence-corrected chi connectivity index (χ2v) is 3.53. The van der Waals surface area contributed by atoms with E-state index in [0.717, 1.165) is 4.90 Å². The number of carbonyl (C=O) groups is 4. The fourth-order valence-electron chi connectivity index (χ4n) is 1.09. The summed E-state index contributed by atoms with van der Waals surface area (Å²) < 4.78 is -1.11. The van der Waals surface area contributed by atoms with Crippen LogP contribution in [-0.4, -0.2) is 46.1 Å². The van der Waals surface area contributed by atoms with Gasteiger partial charge in [-0.1, -0.05) is 4.00 Å². The molecule has 1 aliphatic rings. The first-order valence-corrected chi connectivity index (χ1v) is 4.12. The van der Waals surface area contributed by atoms with E-state index in [9.17, 15) is 19.2 Å². The van der Waals surface area contributed by atoms with E-state index in [2.05, 4.69) is 0 Å². The van der Waals surface area contributed by atoms with Crippen molar-refractivity contribution < 1.29 is 23.2 Å². The van der Waals surface area contributed by atoms with Gasteiger partial charge in [-0.2, -0.15) is 0 Å². The van der Waals surface area contributed by atoms with Crippen molar-refractivity contribution in [2.75, 3.05) is 13.1 Å². The zero-order valence-corrected chi connectivity index (χ0v) is 8.15. The van der Waals surface area contributed by atoms with Crippen LogP contribution in [0.4, 0.5) is 0 Å². The molecule has 1 fully saturated rings. The Balaban J connectivity index is 2.93. The molecular weight excluding hydrogens is 212 g/mol. The number of rotatable bonds is 1. The highest BCUT2D eigenvalue weighted by molar-refractivity contribution is 6.19. The van der Waals surface area contributed by atoms with Crippen molar-refractivity contribution in [2.45, 2.75) is 6.92 Å². The Hall–Kier alpha value is -1.27. The van der Waals surface area contributed by atoms with E-state index < -0.39 is 34.8 Å². The predicted octanol–water partition coefficient (Wildman–Crippen LogP) is -0.971. The smallest absolute Gasteiger partial charge is 0.275 e. The van der Waals surface area contributed by atoms with Gasteiger partial charge in [-0.25, -0.2) is 9.59 Å². The maximum atomic E-state index is 11.3. The Morgan fingerprint density at radius 1 is 1.57 bits per heavy atom.